The van der Waals surface area contributed by atoms with Crippen molar-refractivity contribution >= 4 is 11.9 Å². The maximum absolute atomic E-state index is 12.8. The van der Waals surface area contributed by atoms with Gasteiger partial charge in [0.05, 0.1) is 7.11 Å². The van der Waals surface area contributed by atoms with Gasteiger partial charge in [0.2, 0.25) is 5.91 Å². The van der Waals surface area contributed by atoms with Gasteiger partial charge < -0.3 is 19.7 Å². The fraction of sp³-hybridized carbons (Fsp3) is 0.261. The minimum atomic E-state index is -1.08. The van der Waals surface area contributed by atoms with Crippen LogP contribution in [0, 0.1) is 0 Å². The van der Waals surface area contributed by atoms with Crippen LogP contribution in [0.3, 0.4) is 0 Å². The molecule has 1 amide bonds. The summed E-state index contributed by atoms with van der Waals surface area (Å²) in [6.45, 7) is 1.73. The molecule has 30 heavy (non-hydrogen) atoms. The second kappa shape index (κ2) is 9.73. The summed E-state index contributed by atoms with van der Waals surface area (Å²) in [5, 5.41) is 12.2. The molecule has 2 atom stereocenters. The lowest BCUT2D eigenvalue weighted by Gasteiger charge is -2.20. The van der Waals surface area contributed by atoms with Crippen molar-refractivity contribution in [3.05, 3.63) is 83.9 Å². The third-order valence-electron chi connectivity index (χ3n) is 4.96. The van der Waals surface area contributed by atoms with Crippen molar-refractivity contribution in [3.8, 4) is 5.75 Å². The van der Waals surface area contributed by atoms with E-state index in [4.69, 9.17) is 4.74 Å². The van der Waals surface area contributed by atoms with E-state index in [0.717, 1.165) is 17.0 Å². The lowest BCUT2D eigenvalue weighted by molar-refractivity contribution is -0.142. The molecule has 1 unspecified atom stereocenters. The van der Waals surface area contributed by atoms with E-state index in [1.165, 1.54) is 0 Å². The number of hydrogen-bond donors (Lipinski definition) is 2. The van der Waals surface area contributed by atoms with Gasteiger partial charge >= 0.3 is 5.97 Å². The van der Waals surface area contributed by atoms with Gasteiger partial charge in [-0.15, -0.1) is 0 Å². The van der Waals surface area contributed by atoms with Crippen LogP contribution in [0.5, 0.6) is 5.75 Å². The summed E-state index contributed by atoms with van der Waals surface area (Å²) >= 11 is 0. The Morgan fingerprint density at radius 2 is 1.80 bits per heavy atom. The van der Waals surface area contributed by atoms with Crippen molar-refractivity contribution in [2.75, 3.05) is 7.11 Å². The number of aliphatic carboxylic acids is 1. The van der Waals surface area contributed by atoms with E-state index >= 15 is 0 Å². The molecule has 0 bridgehead atoms. The maximum Gasteiger partial charge on any atom is 0.326 e. The zero-order chi connectivity index (χ0) is 21.5. The minimum Gasteiger partial charge on any atom is -0.497 e. The molecule has 2 N–H and O–H groups in total. The number of carbonyl (C=O) groups excluding carboxylic acids is 1. The predicted octanol–water partition coefficient (Wildman–Crippen LogP) is 2.86. The minimum absolute atomic E-state index is 0.179. The van der Waals surface area contributed by atoms with E-state index in [0.29, 0.717) is 12.2 Å². The van der Waals surface area contributed by atoms with Crippen LogP contribution in [-0.4, -0.2) is 39.7 Å². The summed E-state index contributed by atoms with van der Waals surface area (Å²) < 4.78 is 6.89. The molecule has 0 aliphatic carbocycles. The van der Waals surface area contributed by atoms with E-state index in [1.807, 2.05) is 30.3 Å². The Morgan fingerprint density at radius 1 is 1.10 bits per heavy atom. The number of nitrogens with zero attached hydrogens (tertiary/aromatic N) is 2. The lowest BCUT2D eigenvalue weighted by Crippen LogP contribution is -2.45. The normalized spacial score (nSPS) is 12.7. The first-order valence-corrected chi connectivity index (χ1v) is 9.69. The topological polar surface area (TPSA) is 93.5 Å². The highest BCUT2D eigenvalue weighted by atomic mass is 16.5. The number of benzene rings is 2. The number of imidazole rings is 1. The molecule has 2 aromatic carbocycles. The number of hydrogen-bond acceptors (Lipinski definition) is 4. The average Bonchev–Trinajstić information content (AvgIpc) is 3.21. The Balaban J connectivity index is 1.68. The van der Waals surface area contributed by atoms with Crippen LogP contribution in [0.1, 0.15) is 29.9 Å². The number of aromatic nitrogens is 2. The molecular formula is C23H25N3O4. The zero-order valence-electron chi connectivity index (χ0n) is 17.0. The van der Waals surface area contributed by atoms with Crippen LogP contribution >= 0.6 is 0 Å². The van der Waals surface area contributed by atoms with Crippen molar-refractivity contribution in [3.63, 3.8) is 0 Å². The summed E-state index contributed by atoms with van der Waals surface area (Å²) in [5.74, 6) is -0.0232. The molecule has 0 radical (unpaired) electrons. The van der Waals surface area contributed by atoms with Crippen LogP contribution in [0.4, 0.5) is 0 Å². The molecule has 7 nitrogen and oxygen atoms in total. The van der Waals surface area contributed by atoms with Gasteiger partial charge in [-0.1, -0.05) is 42.5 Å². The first-order valence-electron chi connectivity index (χ1n) is 9.69. The van der Waals surface area contributed by atoms with E-state index in [9.17, 15) is 14.7 Å². The van der Waals surface area contributed by atoms with E-state index < -0.39 is 18.1 Å². The van der Waals surface area contributed by atoms with Crippen molar-refractivity contribution in [1.82, 2.24) is 14.9 Å². The first kappa shape index (κ1) is 21.1. The maximum atomic E-state index is 12.8. The fourth-order valence-electron chi connectivity index (χ4n) is 3.23. The number of ether oxygens (including phenoxy) is 1. The van der Waals surface area contributed by atoms with Gasteiger partial charge in [-0.2, -0.15) is 0 Å². The summed E-state index contributed by atoms with van der Waals surface area (Å²) in [6.07, 6.45) is 4.15. The number of carboxylic acid groups (broad SMARTS) is 1. The average molecular weight is 407 g/mol. The Hall–Kier alpha value is -3.61. The Bertz CT molecular complexity index is 983. The summed E-state index contributed by atoms with van der Waals surface area (Å²) in [6, 6.07) is 15.3. The molecule has 3 rings (SSSR count). The SMILES string of the molecule is COc1ccc(C[C@H](NC(=O)C(C)n2ccnc2Cc2ccccc2)C(=O)O)cc1. The van der Waals surface area contributed by atoms with E-state index in [2.05, 4.69) is 10.3 Å². The number of carboxylic acids is 1. The molecule has 0 aliphatic rings. The van der Waals surface area contributed by atoms with Gasteiger partial charge in [0, 0.05) is 25.2 Å². The fourth-order valence-corrected chi connectivity index (χ4v) is 3.23. The van der Waals surface area contributed by atoms with Crippen molar-refractivity contribution < 1.29 is 19.4 Å². The lowest BCUT2D eigenvalue weighted by atomic mass is 10.1. The second-order valence-electron chi connectivity index (χ2n) is 7.04. The molecule has 1 heterocycles. The first-order chi connectivity index (χ1) is 14.5. The summed E-state index contributed by atoms with van der Waals surface area (Å²) in [4.78, 5) is 28.9. The monoisotopic (exact) mass is 407 g/mol. The van der Waals surface area contributed by atoms with Gasteiger partial charge in [-0.05, 0) is 30.2 Å². The van der Waals surface area contributed by atoms with Gasteiger partial charge in [0.15, 0.2) is 0 Å². The van der Waals surface area contributed by atoms with E-state index in [1.54, 1.807) is 55.3 Å². The third-order valence-corrected chi connectivity index (χ3v) is 4.96. The zero-order valence-corrected chi connectivity index (χ0v) is 17.0. The van der Waals surface area contributed by atoms with Gasteiger partial charge in [0.25, 0.3) is 0 Å². The summed E-state index contributed by atoms with van der Waals surface area (Å²) in [7, 11) is 1.57. The Kier molecular flexibility index (Phi) is 6.85. The van der Waals surface area contributed by atoms with Crippen LogP contribution in [0.15, 0.2) is 67.0 Å². The standard InChI is InChI=1S/C23H25N3O4/c1-16(26-13-12-24-21(26)15-17-6-4-3-5-7-17)22(27)25-20(23(28)29)14-18-8-10-19(30-2)11-9-18/h3-13,16,20H,14-15H2,1-2H3,(H,25,27)(H,28,29)/t16?,20-/m0/s1. The molecule has 0 fully saturated rings. The van der Waals surface area contributed by atoms with Crippen molar-refractivity contribution in [1.29, 1.82) is 0 Å². The van der Waals surface area contributed by atoms with Crippen molar-refractivity contribution in [2.45, 2.75) is 31.8 Å². The number of carbonyl (C=O) groups is 2. The second-order valence-corrected chi connectivity index (χ2v) is 7.04. The smallest absolute Gasteiger partial charge is 0.326 e. The quantitative estimate of drug-likeness (QED) is 0.569. The number of nitrogens with one attached hydrogen (secondary N) is 1. The molecule has 7 heteroatoms. The highest BCUT2D eigenvalue weighted by Crippen LogP contribution is 2.16. The molecule has 0 aliphatic heterocycles. The van der Waals surface area contributed by atoms with Gasteiger partial charge in [-0.3, -0.25) is 4.79 Å². The van der Waals surface area contributed by atoms with Crippen LogP contribution in [0.2, 0.25) is 0 Å². The Labute approximate surface area is 175 Å². The molecular weight excluding hydrogens is 382 g/mol. The number of amides is 1. The van der Waals surface area contributed by atoms with Crippen molar-refractivity contribution in [2.24, 2.45) is 0 Å². The van der Waals surface area contributed by atoms with E-state index in [-0.39, 0.29) is 12.3 Å². The number of rotatable bonds is 9. The van der Waals surface area contributed by atoms with Crippen LogP contribution in [-0.2, 0) is 22.4 Å². The predicted molar refractivity (Wildman–Crippen MR) is 112 cm³/mol. The highest BCUT2D eigenvalue weighted by molar-refractivity contribution is 5.86. The largest absolute Gasteiger partial charge is 0.497 e. The molecule has 0 saturated heterocycles. The summed E-state index contributed by atoms with van der Waals surface area (Å²) in [5.41, 5.74) is 1.88. The van der Waals surface area contributed by atoms with Gasteiger partial charge in [0.1, 0.15) is 23.7 Å². The number of methoxy groups -OCH3 is 1. The van der Waals surface area contributed by atoms with Crippen LogP contribution in [0.25, 0.3) is 0 Å². The molecule has 0 spiro atoms. The third kappa shape index (κ3) is 5.26. The highest BCUT2D eigenvalue weighted by Gasteiger charge is 2.25. The molecule has 1 aromatic heterocycles. The molecule has 3 aromatic rings. The molecule has 0 saturated carbocycles. The van der Waals surface area contributed by atoms with Crippen LogP contribution < -0.4 is 10.1 Å². The Morgan fingerprint density at radius 3 is 2.43 bits per heavy atom. The molecule has 156 valence electrons. The van der Waals surface area contributed by atoms with Gasteiger partial charge in [-0.25, -0.2) is 9.78 Å².